The van der Waals surface area contributed by atoms with Gasteiger partial charge in [0.25, 0.3) is 11.8 Å². The molecule has 5 nitrogen and oxygen atoms in total. The standard InChI is InChI=1S/C20H24N2O3/c1-13(2)21-20(24)17-7-5-6-8-18(17)22-19(23)12-25-16-10-14(3)9-15(4)11-16/h5-11,13H,12H2,1-4H3,(H,21,24)(H,22,23). The van der Waals surface area contributed by atoms with Crippen molar-refractivity contribution in [3.63, 3.8) is 0 Å². The minimum absolute atomic E-state index is 0.0177. The first-order valence-electron chi connectivity index (χ1n) is 8.26. The van der Waals surface area contributed by atoms with Crippen LogP contribution in [0, 0.1) is 13.8 Å². The molecule has 0 aromatic heterocycles. The second-order valence-electron chi connectivity index (χ2n) is 6.33. The van der Waals surface area contributed by atoms with Crippen molar-refractivity contribution in [1.82, 2.24) is 5.32 Å². The van der Waals surface area contributed by atoms with Crippen LogP contribution in [0.4, 0.5) is 5.69 Å². The lowest BCUT2D eigenvalue weighted by atomic mass is 10.1. The van der Waals surface area contributed by atoms with Gasteiger partial charge in [-0.2, -0.15) is 0 Å². The summed E-state index contributed by atoms with van der Waals surface area (Å²) in [6.45, 7) is 7.60. The number of ether oxygens (including phenoxy) is 1. The molecule has 132 valence electrons. The number of aryl methyl sites for hydroxylation is 2. The van der Waals surface area contributed by atoms with Crippen molar-refractivity contribution in [2.75, 3.05) is 11.9 Å². The summed E-state index contributed by atoms with van der Waals surface area (Å²) in [6.07, 6.45) is 0. The highest BCUT2D eigenvalue weighted by Crippen LogP contribution is 2.17. The topological polar surface area (TPSA) is 67.4 Å². The van der Waals surface area contributed by atoms with E-state index in [0.29, 0.717) is 17.0 Å². The molecule has 2 amide bonds. The Kier molecular flexibility index (Phi) is 6.17. The Morgan fingerprint density at radius 2 is 1.68 bits per heavy atom. The van der Waals surface area contributed by atoms with Gasteiger partial charge in [0, 0.05) is 6.04 Å². The summed E-state index contributed by atoms with van der Waals surface area (Å²) >= 11 is 0. The smallest absolute Gasteiger partial charge is 0.262 e. The molecule has 0 saturated carbocycles. The third-order valence-corrected chi connectivity index (χ3v) is 3.43. The van der Waals surface area contributed by atoms with E-state index in [2.05, 4.69) is 10.6 Å². The van der Waals surface area contributed by atoms with Crippen LogP contribution < -0.4 is 15.4 Å². The summed E-state index contributed by atoms with van der Waals surface area (Å²) in [7, 11) is 0. The van der Waals surface area contributed by atoms with E-state index in [4.69, 9.17) is 4.74 Å². The lowest BCUT2D eigenvalue weighted by Crippen LogP contribution is -2.31. The van der Waals surface area contributed by atoms with Gasteiger partial charge in [-0.15, -0.1) is 0 Å². The molecule has 5 heteroatoms. The molecule has 0 spiro atoms. The summed E-state index contributed by atoms with van der Waals surface area (Å²) in [6, 6.07) is 12.7. The average Bonchev–Trinajstić information content (AvgIpc) is 2.52. The van der Waals surface area contributed by atoms with Crippen LogP contribution in [0.2, 0.25) is 0 Å². The number of rotatable bonds is 6. The third kappa shape index (κ3) is 5.64. The zero-order valence-electron chi connectivity index (χ0n) is 15.1. The molecule has 0 aliphatic carbocycles. The normalized spacial score (nSPS) is 10.4. The van der Waals surface area contributed by atoms with Crippen LogP contribution in [-0.4, -0.2) is 24.5 Å². The van der Waals surface area contributed by atoms with E-state index in [0.717, 1.165) is 11.1 Å². The van der Waals surface area contributed by atoms with Crippen LogP contribution in [0.3, 0.4) is 0 Å². The van der Waals surface area contributed by atoms with Crippen molar-refractivity contribution in [2.45, 2.75) is 33.7 Å². The van der Waals surface area contributed by atoms with Gasteiger partial charge >= 0.3 is 0 Å². The molecular weight excluding hydrogens is 316 g/mol. The van der Waals surface area contributed by atoms with Crippen LogP contribution in [0.5, 0.6) is 5.75 Å². The molecule has 0 aliphatic heterocycles. The molecular formula is C20H24N2O3. The van der Waals surface area contributed by atoms with Gasteiger partial charge in [-0.1, -0.05) is 18.2 Å². The SMILES string of the molecule is Cc1cc(C)cc(OCC(=O)Nc2ccccc2C(=O)NC(C)C)c1. The van der Waals surface area contributed by atoms with E-state index >= 15 is 0 Å². The number of anilines is 1. The van der Waals surface area contributed by atoms with Crippen LogP contribution >= 0.6 is 0 Å². The molecule has 0 radical (unpaired) electrons. The largest absolute Gasteiger partial charge is 0.484 e. The zero-order valence-corrected chi connectivity index (χ0v) is 15.1. The van der Waals surface area contributed by atoms with E-state index in [1.54, 1.807) is 24.3 Å². The number of nitrogens with one attached hydrogen (secondary N) is 2. The maximum atomic E-state index is 12.2. The summed E-state index contributed by atoms with van der Waals surface area (Å²) in [5.74, 6) is 0.114. The second-order valence-corrected chi connectivity index (χ2v) is 6.33. The Morgan fingerprint density at radius 1 is 1.04 bits per heavy atom. The molecule has 0 heterocycles. The van der Waals surface area contributed by atoms with Crippen molar-refractivity contribution in [3.05, 3.63) is 59.2 Å². The Balaban J connectivity index is 2.02. The quantitative estimate of drug-likeness (QED) is 0.846. The van der Waals surface area contributed by atoms with E-state index in [9.17, 15) is 9.59 Å². The highest BCUT2D eigenvalue weighted by atomic mass is 16.5. The van der Waals surface area contributed by atoms with Crippen molar-refractivity contribution in [2.24, 2.45) is 0 Å². The maximum Gasteiger partial charge on any atom is 0.262 e. The predicted octanol–water partition coefficient (Wildman–Crippen LogP) is 3.46. The number of carbonyl (C=O) groups excluding carboxylic acids is 2. The number of benzene rings is 2. The number of para-hydroxylation sites is 1. The Hall–Kier alpha value is -2.82. The first-order valence-corrected chi connectivity index (χ1v) is 8.26. The summed E-state index contributed by atoms with van der Waals surface area (Å²) in [5.41, 5.74) is 3.04. The molecule has 25 heavy (non-hydrogen) atoms. The van der Waals surface area contributed by atoms with Crippen molar-refractivity contribution in [1.29, 1.82) is 0 Å². The van der Waals surface area contributed by atoms with Crippen LogP contribution in [0.15, 0.2) is 42.5 Å². The van der Waals surface area contributed by atoms with Crippen molar-refractivity contribution >= 4 is 17.5 Å². The van der Waals surface area contributed by atoms with Gasteiger partial charge in [-0.05, 0) is 63.1 Å². The van der Waals surface area contributed by atoms with E-state index < -0.39 is 0 Å². The average molecular weight is 340 g/mol. The Bertz CT molecular complexity index is 749. The third-order valence-electron chi connectivity index (χ3n) is 3.43. The number of carbonyl (C=O) groups is 2. The first kappa shape index (κ1) is 18.5. The van der Waals surface area contributed by atoms with Crippen LogP contribution in [-0.2, 0) is 4.79 Å². The molecule has 0 aliphatic rings. The highest BCUT2D eigenvalue weighted by molar-refractivity contribution is 6.04. The lowest BCUT2D eigenvalue weighted by Gasteiger charge is -2.13. The summed E-state index contributed by atoms with van der Waals surface area (Å²) in [4.78, 5) is 24.4. The highest BCUT2D eigenvalue weighted by Gasteiger charge is 2.14. The summed E-state index contributed by atoms with van der Waals surface area (Å²) in [5, 5.41) is 5.56. The van der Waals surface area contributed by atoms with E-state index in [1.165, 1.54) is 0 Å². The van der Waals surface area contributed by atoms with Gasteiger partial charge in [0.1, 0.15) is 5.75 Å². The van der Waals surface area contributed by atoms with Crippen molar-refractivity contribution < 1.29 is 14.3 Å². The molecule has 0 atom stereocenters. The van der Waals surface area contributed by atoms with Gasteiger partial charge in [-0.25, -0.2) is 0 Å². The lowest BCUT2D eigenvalue weighted by molar-refractivity contribution is -0.118. The fraction of sp³-hybridized carbons (Fsp3) is 0.300. The number of hydrogen-bond acceptors (Lipinski definition) is 3. The van der Waals surface area contributed by atoms with Gasteiger partial charge < -0.3 is 15.4 Å². The molecule has 0 fully saturated rings. The molecule has 2 aromatic carbocycles. The molecule has 2 aromatic rings. The van der Waals surface area contributed by atoms with Gasteiger partial charge in [0.05, 0.1) is 11.3 Å². The molecule has 0 bridgehead atoms. The van der Waals surface area contributed by atoms with Gasteiger partial charge in [0.2, 0.25) is 0 Å². The van der Waals surface area contributed by atoms with Crippen LogP contribution in [0.25, 0.3) is 0 Å². The van der Waals surface area contributed by atoms with Crippen LogP contribution in [0.1, 0.15) is 35.3 Å². The Labute approximate surface area is 148 Å². The molecule has 2 N–H and O–H groups in total. The monoisotopic (exact) mass is 340 g/mol. The van der Waals surface area contributed by atoms with Gasteiger partial charge in [-0.3, -0.25) is 9.59 Å². The van der Waals surface area contributed by atoms with Gasteiger partial charge in [0.15, 0.2) is 6.61 Å². The molecule has 0 saturated heterocycles. The second kappa shape index (κ2) is 8.33. The minimum Gasteiger partial charge on any atom is -0.484 e. The first-order chi connectivity index (χ1) is 11.8. The number of amides is 2. The zero-order chi connectivity index (χ0) is 18.4. The Morgan fingerprint density at radius 3 is 2.32 bits per heavy atom. The minimum atomic E-state index is -0.316. The molecule has 2 rings (SSSR count). The van der Waals surface area contributed by atoms with E-state index in [1.807, 2.05) is 45.9 Å². The maximum absolute atomic E-state index is 12.2. The van der Waals surface area contributed by atoms with E-state index in [-0.39, 0.29) is 24.5 Å². The van der Waals surface area contributed by atoms with Crippen molar-refractivity contribution in [3.8, 4) is 5.75 Å². The fourth-order valence-corrected chi connectivity index (χ4v) is 2.48. The predicted molar refractivity (Wildman–Crippen MR) is 99.1 cm³/mol. The number of hydrogen-bond donors (Lipinski definition) is 2. The fourth-order valence-electron chi connectivity index (χ4n) is 2.48. The molecule has 0 unspecified atom stereocenters. The summed E-state index contributed by atoms with van der Waals surface area (Å²) < 4.78 is 5.55.